The molecule has 22 rings (SSSR count). The van der Waals surface area contributed by atoms with Gasteiger partial charge in [0.1, 0.15) is 28.7 Å². The number of ether oxygens (including phenoxy) is 4. The van der Waals surface area contributed by atoms with E-state index in [4.69, 9.17) is 18.9 Å². The fourth-order valence-electron chi connectivity index (χ4n) is 14.7. The Morgan fingerprint density at radius 1 is 0.193 bits per heavy atom. The molecule has 11 aromatic heterocycles. The minimum atomic E-state index is 0. The number of nitrogens with zero attached hydrogens (tertiary/aromatic N) is 11. The van der Waals surface area contributed by atoms with Gasteiger partial charge in [-0.15, -0.1) is 101 Å². The molecule has 0 radical (unpaired) electrons. The molecule has 0 amide bonds. The van der Waals surface area contributed by atoms with E-state index >= 15 is 0 Å². The Labute approximate surface area is 694 Å². The van der Waals surface area contributed by atoms with Gasteiger partial charge in [-0.25, -0.2) is 29.9 Å². The number of aromatic nitrogens is 11. The third kappa shape index (κ3) is 13.8. The number of benzene rings is 11. The standard InChI is InChI=1S/2C34H20N4O.C28H17N3O2.3Pd/c1-3-17-31-27(13-1)29-15-7-19-35-33(29)37(31)23-9-5-11-25(21-23)39-26-12-6-10-24(22-26)38-32-18-4-2-14-28(32)30-16-8-20-36-34(30)38;1-3-11-29-25(9-1)27-17-15-23(21-31(27)37(29)33-13-5-7-19-35-33)39-24-16-18-28-26-10-2-4-12-30(26)38(32(28)22-24)34-14-6-8-20-36-34;1-2-11-25-23(10-1)24-15-14-22(19-26(24)31(25)27-12-3-5-16-29-27)32-20-8-7-9-21(18-20)33-28-13-4-6-17-30-28;;;/h2*1-20H;1-17H;;;/q3*-2;3*+2. The summed E-state index contributed by atoms with van der Waals surface area (Å²) in [5.74, 6) is 7.05. The molecule has 15 nitrogen and oxygen atoms in total. The van der Waals surface area contributed by atoms with Crippen LogP contribution in [0.5, 0.6) is 46.1 Å². The van der Waals surface area contributed by atoms with Crippen LogP contribution >= 0.6 is 0 Å². The van der Waals surface area contributed by atoms with Gasteiger partial charge in [0.05, 0.1) is 11.0 Å². The molecule has 18 heteroatoms. The maximum atomic E-state index is 6.39. The fourth-order valence-corrected chi connectivity index (χ4v) is 14.7. The molecular formula is C96H57N11O4Pd3. The minimum absolute atomic E-state index is 0. The number of para-hydroxylation sites is 5. The van der Waals surface area contributed by atoms with Crippen LogP contribution in [0.4, 0.5) is 0 Å². The summed E-state index contributed by atoms with van der Waals surface area (Å²) in [5.41, 5.74) is 11.6. The molecular weight excluding hydrogens is 1690 g/mol. The predicted octanol–water partition coefficient (Wildman–Crippen LogP) is 22.9. The molecule has 0 fully saturated rings. The Bertz CT molecular complexity index is 6840. The maximum absolute atomic E-state index is 6.39. The first kappa shape index (κ1) is 73.3. The van der Waals surface area contributed by atoms with Crippen LogP contribution < -0.4 is 18.9 Å². The van der Waals surface area contributed by atoms with Crippen LogP contribution in [0, 0.1) is 36.4 Å². The van der Waals surface area contributed by atoms with Crippen LogP contribution in [0.25, 0.3) is 138 Å². The van der Waals surface area contributed by atoms with Gasteiger partial charge in [-0.3, -0.25) is 0 Å². The van der Waals surface area contributed by atoms with Crippen molar-refractivity contribution in [2.45, 2.75) is 0 Å². The number of pyridine rings is 6. The number of hydrogen-bond acceptors (Lipinski definition) is 10. The number of rotatable bonds is 13. The first-order valence-corrected chi connectivity index (χ1v) is 36.0. The Morgan fingerprint density at radius 3 is 0.842 bits per heavy atom. The molecule has 114 heavy (non-hydrogen) atoms. The van der Waals surface area contributed by atoms with Crippen LogP contribution in [0.15, 0.2) is 347 Å². The van der Waals surface area contributed by atoms with Crippen LogP contribution in [0.3, 0.4) is 0 Å². The smallest absolute Gasteiger partial charge is 0.509 e. The Kier molecular flexibility index (Phi) is 20.6. The van der Waals surface area contributed by atoms with Gasteiger partial charge >= 0.3 is 61.3 Å². The topological polar surface area (TPSA) is 139 Å². The van der Waals surface area contributed by atoms with Crippen LogP contribution in [-0.2, 0) is 61.3 Å². The molecule has 0 bridgehead atoms. The zero-order valence-electron chi connectivity index (χ0n) is 59.9. The van der Waals surface area contributed by atoms with Crippen molar-refractivity contribution in [3.05, 3.63) is 383 Å². The van der Waals surface area contributed by atoms with E-state index in [9.17, 15) is 0 Å². The summed E-state index contributed by atoms with van der Waals surface area (Å²) in [6.45, 7) is 0. The van der Waals surface area contributed by atoms with Crippen molar-refractivity contribution < 1.29 is 80.2 Å². The van der Waals surface area contributed by atoms with Gasteiger partial charge in [-0.2, -0.15) is 36.4 Å². The van der Waals surface area contributed by atoms with Crippen molar-refractivity contribution in [3.8, 4) is 75.0 Å². The summed E-state index contributed by atoms with van der Waals surface area (Å²) >= 11 is 0. The largest absolute Gasteiger partial charge is 2.00 e. The normalized spacial score (nSPS) is 11.1. The number of hydrogen-bond donors (Lipinski definition) is 0. The predicted molar refractivity (Wildman–Crippen MR) is 437 cm³/mol. The van der Waals surface area contributed by atoms with E-state index in [0.717, 1.165) is 138 Å². The first-order chi connectivity index (χ1) is 55.0. The van der Waals surface area contributed by atoms with Crippen molar-refractivity contribution in [2.75, 3.05) is 0 Å². The van der Waals surface area contributed by atoms with Gasteiger partial charge in [0.15, 0.2) is 0 Å². The van der Waals surface area contributed by atoms with Gasteiger partial charge in [-0.05, 0) is 113 Å². The Morgan fingerprint density at radius 2 is 0.482 bits per heavy atom. The van der Waals surface area contributed by atoms with E-state index in [1.165, 1.54) is 0 Å². The Balaban J connectivity index is 0.000000122. The van der Waals surface area contributed by atoms with Gasteiger partial charge in [0.25, 0.3) is 0 Å². The minimum Gasteiger partial charge on any atom is -0.509 e. The molecule has 11 heterocycles. The summed E-state index contributed by atoms with van der Waals surface area (Å²) in [7, 11) is 0. The molecule has 0 aliphatic rings. The summed E-state index contributed by atoms with van der Waals surface area (Å²) in [6, 6.07) is 123. The second-order valence-electron chi connectivity index (χ2n) is 26.1. The molecule has 0 aliphatic heterocycles. The summed E-state index contributed by atoms with van der Waals surface area (Å²) in [5, 5.41) is 11.2. The second kappa shape index (κ2) is 32.1. The van der Waals surface area contributed by atoms with Crippen molar-refractivity contribution in [2.24, 2.45) is 0 Å². The van der Waals surface area contributed by atoms with Crippen molar-refractivity contribution >= 4 is 109 Å². The molecule has 0 unspecified atom stereocenters. The van der Waals surface area contributed by atoms with E-state index in [1.54, 1.807) is 30.9 Å². The van der Waals surface area contributed by atoms with Crippen molar-refractivity contribution in [1.29, 1.82) is 0 Å². The third-order valence-corrected chi connectivity index (χ3v) is 19.4. The van der Waals surface area contributed by atoms with Crippen LogP contribution in [0.2, 0.25) is 0 Å². The average molecular weight is 1750 g/mol. The molecule has 11 aromatic carbocycles. The van der Waals surface area contributed by atoms with Crippen LogP contribution in [-0.4, -0.2) is 52.7 Å². The summed E-state index contributed by atoms with van der Waals surface area (Å²) in [4.78, 5) is 27.3. The summed E-state index contributed by atoms with van der Waals surface area (Å²) < 4.78 is 35.2. The van der Waals surface area contributed by atoms with Gasteiger partial charge in [0.2, 0.25) is 5.88 Å². The number of fused-ring (bicyclic) bond motifs is 15. The molecule has 0 aliphatic carbocycles. The molecule has 0 saturated heterocycles. The van der Waals surface area contributed by atoms with Crippen LogP contribution in [0.1, 0.15) is 0 Å². The van der Waals surface area contributed by atoms with E-state index in [-0.39, 0.29) is 61.3 Å². The van der Waals surface area contributed by atoms with Crippen molar-refractivity contribution in [1.82, 2.24) is 52.7 Å². The molecule has 22 aromatic rings. The second-order valence-corrected chi connectivity index (χ2v) is 26.1. The molecule has 550 valence electrons. The van der Waals surface area contributed by atoms with E-state index in [1.807, 2.05) is 200 Å². The SMILES string of the molecule is [Pd+2].[Pd+2].[Pd+2].[c-]1c(Oc2[c-]c(-n3c4ccccc4c4cccnc43)ccc2)cccc1-n1c2ccccc2c2cccnc21.[c-]1c(Oc2[c-]c3c(cc2)c2ccccc2n3-c2ccccn2)ccc2c3ccccc3n(-c3ccccn3)c12.[c-]1c(Oc2[c-]c3c(cc2)c2ccccc2n3-c2ccccn2)cccc1Oc1ccccn1. The van der Waals surface area contributed by atoms with Gasteiger partial charge in [-0.1, -0.05) is 149 Å². The average Bonchev–Trinajstić information content (AvgIpc) is 1.61. The van der Waals surface area contributed by atoms with Crippen molar-refractivity contribution in [3.63, 3.8) is 0 Å². The quantitative estimate of drug-likeness (QED) is 0.0810. The van der Waals surface area contributed by atoms with Gasteiger partial charge < -0.3 is 41.8 Å². The van der Waals surface area contributed by atoms with E-state index < -0.39 is 0 Å². The molecule has 0 N–H and O–H groups in total. The molecule has 0 saturated carbocycles. The molecule has 0 atom stereocenters. The zero-order valence-corrected chi connectivity index (χ0v) is 64.6. The third-order valence-electron chi connectivity index (χ3n) is 19.4. The molecule has 0 spiro atoms. The monoisotopic (exact) mass is 1750 g/mol. The Hall–Kier alpha value is -13.5. The zero-order chi connectivity index (χ0) is 73.6. The summed E-state index contributed by atoms with van der Waals surface area (Å²) in [6.07, 6.45) is 10.7. The van der Waals surface area contributed by atoms with E-state index in [0.29, 0.717) is 46.1 Å². The first-order valence-electron chi connectivity index (χ1n) is 36.0. The maximum Gasteiger partial charge on any atom is 2.00 e. The fraction of sp³-hybridized carbons (Fsp3) is 0. The van der Waals surface area contributed by atoms with E-state index in [2.05, 4.69) is 204 Å². The van der Waals surface area contributed by atoms with Gasteiger partial charge in [0, 0.05) is 122 Å².